The van der Waals surface area contributed by atoms with Crippen molar-refractivity contribution in [3.8, 4) is 5.75 Å². The second-order valence-corrected chi connectivity index (χ2v) is 9.82. The molecule has 6 nitrogen and oxygen atoms in total. The quantitative estimate of drug-likeness (QED) is 0.521. The van der Waals surface area contributed by atoms with E-state index < -0.39 is 5.41 Å². The molecule has 0 aliphatic heterocycles. The number of ether oxygens (including phenoxy) is 2. The Kier molecular flexibility index (Phi) is 7.86. The molecule has 1 aromatic heterocycles. The van der Waals surface area contributed by atoms with Gasteiger partial charge in [0.25, 0.3) is 0 Å². The molecule has 0 bridgehead atoms. The first-order valence-corrected chi connectivity index (χ1v) is 12.6. The molecule has 1 amide bonds. The van der Waals surface area contributed by atoms with E-state index in [4.69, 9.17) is 9.47 Å². The van der Waals surface area contributed by atoms with Gasteiger partial charge in [0.15, 0.2) is 0 Å². The number of esters is 1. The molecule has 0 spiro atoms. The Hall–Kier alpha value is -2.89. The number of pyridine rings is 1. The largest absolute Gasteiger partial charge is 0.492 e. The van der Waals surface area contributed by atoms with Crippen molar-refractivity contribution in [3.63, 3.8) is 0 Å². The molecule has 0 radical (unpaired) electrons. The predicted molar refractivity (Wildman–Crippen MR) is 131 cm³/mol. The second-order valence-electron chi connectivity index (χ2n) is 9.82. The van der Waals surface area contributed by atoms with Gasteiger partial charge in [0.1, 0.15) is 5.75 Å². The van der Waals surface area contributed by atoms with Crippen molar-refractivity contribution < 1.29 is 19.1 Å². The molecule has 2 aromatic rings. The topological polar surface area (TPSA) is 77.5 Å². The monoisotopic (exact) mass is 464 g/mol. The molecule has 6 heteroatoms. The van der Waals surface area contributed by atoms with Gasteiger partial charge in [0.05, 0.1) is 36.9 Å². The van der Waals surface area contributed by atoms with Gasteiger partial charge in [0.2, 0.25) is 5.91 Å². The number of rotatable bonds is 8. The van der Waals surface area contributed by atoms with Crippen molar-refractivity contribution in [2.45, 2.75) is 76.2 Å². The van der Waals surface area contributed by atoms with Crippen molar-refractivity contribution >= 4 is 11.9 Å². The van der Waals surface area contributed by atoms with Crippen molar-refractivity contribution in [2.75, 3.05) is 13.7 Å². The van der Waals surface area contributed by atoms with E-state index >= 15 is 0 Å². The zero-order valence-corrected chi connectivity index (χ0v) is 20.3. The maximum atomic E-state index is 13.6. The van der Waals surface area contributed by atoms with Crippen molar-refractivity contribution in [1.82, 2.24) is 10.3 Å². The molecule has 1 heterocycles. The number of nitrogens with zero attached hydrogens (tertiary/aromatic N) is 1. The van der Waals surface area contributed by atoms with E-state index in [1.54, 1.807) is 18.3 Å². The number of aromatic nitrogens is 1. The van der Waals surface area contributed by atoms with Gasteiger partial charge >= 0.3 is 5.97 Å². The summed E-state index contributed by atoms with van der Waals surface area (Å²) in [7, 11) is 1.37. The summed E-state index contributed by atoms with van der Waals surface area (Å²) in [5, 5.41) is 3.22. The number of hydrogen-bond donors (Lipinski definition) is 1. The molecular weight excluding hydrogens is 428 g/mol. The second kappa shape index (κ2) is 11.0. The number of carbonyl (C=O) groups excluding carboxylic acids is 2. The van der Waals surface area contributed by atoms with Gasteiger partial charge in [-0.1, -0.05) is 44.2 Å². The Balaban J connectivity index is 1.46. The third kappa shape index (κ3) is 5.43. The lowest BCUT2D eigenvalue weighted by Gasteiger charge is -2.30. The fraction of sp³-hybridized carbons (Fsp3) is 0.536. The zero-order chi connectivity index (χ0) is 24.0. The molecule has 0 saturated heterocycles. The van der Waals surface area contributed by atoms with Crippen LogP contribution in [0.15, 0.2) is 42.7 Å². The lowest BCUT2D eigenvalue weighted by molar-refractivity contribution is -0.127. The third-order valence-electron chi connectivity index (χ3n) is 7.55. The van der Waals surface area contributed by atoms with Gasteiger partial charge in [-0.05, 0) is 67.9 Å². The number of carbonyl (C=O) groups is 2. The first-order valence-electron chi connectivity index (χ1n) is 12.6. The zero-order valence-electron chi connectivity index (χ0n) is 20.3. The summed E-state index contributed by atoms with van der Waals surface area (Å²) in [6.45, 7) is 2.69. The molecule has 2 fully saturated rings. The maximum absolute atomic E-state index is 13.6. The number of hydrogen-bond acceptors (Lipinski definition) is 5. The first kappa shape index (κ1) is 24.2. The van der Waals surface area contributed by atoms with E-state index in [-0.39, 0.29) is 17.9 Å². The van der Waals surface area contributed by atoms with Crippen LogP contribution in [-0.2, 0) is 14.9 Å². The van der Waals surface area contributed by atoms with E-state index in [0.29, 0.717) is 11.5 Å². The lowest BCUT2D eigenvalue weighted by Crippen LogP contribution is -2.43. The molecule has 4 rings (SSSR count). The number of nitrogens with one attached hydrogen (secondary N) is 1. The van der Waals surface area contributed by atoms with Crippen LogP contribution in [0.3, 0.4) is 0 Å². The highest BCUT2D eigenvalue weighted by Crippen LogP contribution is 2.42. The molecule has 2 aliphatic rings. The first-order chi connectivity index (χ1) is 16.5. The molecular formula is C28H36N2O4. The summed E-state index contributed by atoms with van der Waals surface area (Å²) in [5.74, 6) is 1.04. The highest BCUT2D eigenvalue weighted by Gasteiger charge is 2.43. The van der Waals surface area contributed by atoms with Gasteiger partial charge in [-0.3, -0.25) is 9.78 Å². The van der Waals surface area contributed by atoms with Crippen molar-refractivity contribution in [3.05, 3.63) is 59.4 Å². The highest BCUT2D eigenvalue weighted by atomic mass is 16.5. The minimum absolute atomic E-state index is 0.0285. The van der Waals surface area contributed by atoms with E-state index in [9.17, 15) is 9.59 Å². The average molecular weight is 465 g/mol. The average Bonchev–Trinajstić information content (AvgIpc) is 3.39. The van der Waals surface area contributed by atoms with Gasteiger partial charge in [-0.25, -0.2) is 4.79 Å². The number of amides is 1. The van der Waals surface area contributed by atoms with Gasteiger partial charge < -0.3 is 14.8 Å². The lowest BCUT2D eigenvalue weighted by atomic mass is 9.78. The summed E-state index contributed by atoms with van der Waals surface area (Å²) in [5.41, 5.74) is 1.79. The van der Waals surface area contributed by atoms with E-state index in [1.807, 2.05) is 31.3 Å². The maximum Gasteiger partial charge on any atom is 0.337 e. The van der Waals surface area contributed by atoms with Gasteiger partial charge in [0, 0.05) is 6.20 Å². The molecule has 1 N–H and O–H groups in total. The standard InChI is InChI=1S/C28H36N2O4/c1-20(22-10-12-23(13-11-22)26(31)33-2)30-27(32)28(14-6-7-15-28)24-16-25(18-29-17-24)34-19-21-8-4-3-5-9-21/h10-13,16-18,20-21H,3-9,14-15,19H2,1-2H3,(H,30,32)/t20-/m0/s1. The Morgan fingerprint density at radius 1 is 1.06 bits per heavy atom. The van der Waals surface area contributed by atoms with E-state index in [0.717, 1.165) is 49.2 Å². The Labute approximate surface area is 202 Å². The fourth-order valence-corrected chi connectivity index (χ4v) is 5.40. The van der Waals surface area contributed by atoms with Crippen molar-refractivity contribution in [2.24, 2.45) is 5.92 Å². The number of benzene rings is 1. The minimum Gasteiger partial charge on any atom is -0.492 e. The van der Waals surface area contributed by atoms with Crippen LogP contribution in [0.1, 0.15) is 92.2 Å². The molecule has 1 aromatic carbocycles. The SMILES string of the molecule is COC(=O)c1ccc([C@H](C)NC(=O)C2(c3cncc(OCC4CCCCC4)c3)CCCC2)cc1. The van der Waals surface area contributed by atoms with Crippen LogP contribution in [0.2, 0.25) is 0 Å². The normalized spacial score (nSPS) is 18.8. The summed E-state index contributed by atoms with van der Waals surface area (Å²) in [4.78, 5) is 29.8. The smallest absolute Gasteiger partial charge is 0.337 e. The van der Waals surface area contributed by atoms with Crippen molar-refractivity contribution in [1.29, 1.82) is 0 Å². The van der Waals surface area contributed by atoms with Crippen LogP contribution in [0.4, 0.5) is 0 Å². The predicted octanol–water partition coefficient (Wildman–Crippen LogP) is 5.52. The van der Waals surface area contributed by atoms with E-state index in [2.05, 4.69) is 10.3 Å². The third-order valence-corrected chi connectivity index (χ3v) is 7.55. The number of methoxy groups -OCH3 is 1. The Morgan fingerprint density at radius 2 is 1.76 bits per heavy atom. The molecule has 2 aliphatic carbocycles. The minimum atomic E-state index is -0.586. The van der Waals surface area contributed by atoms with Crippen LogP contribution in [0, 0.1) is 5.92 Å². The molecule has 182 valence electrons. The molecule has 0 unspecified atom stereocenters. The van der Waals surface area contributed by atoms with Gasteiger partial charge in [-0.2, -0.15) is 0 Å². The van der Waals surface area contributed by atoms with E-state index in [1.165, 1.54) is 39.2 Å². The highest BCUT2D eigenvalue weighted by molar-refractivity contribution is 5.90. The van der Waals surface area contributed by atoms with Crippen LogP contribution in [-0.4, -0.2) is 30.6 Å². The van der Waals surface area contributed by atoms with Crippen LogP contribution >= 0.6 is 0 Å². The van der Waals surface area contributed by atoms with Crippen LogP contribution < -0.4 is 10.1 Å². The van der Waals surface area contributed by atoms with Gasteiger partial charge in [-0.15, -0.1) is 0 Å². The fourth-order valence-electron chi connectivity index (χ4n) is 5.40. The summed E-state index contributed by atoms with van der Waals surface area (Å²) in [6, 6.07) is 9.02. The molecule has 34 heavy (non-hydrogen) atoms. The van der Waals surface area contributed by atoms with Crippen LogP contribution in [0.5, 0.6) is 5.75 Å². The summed E-state index contributed by atoms with van der Waals surface area (Å²) in [6.07, 6.45) is 13.6. The Bertz CT molecular complexity index is 976. The summed E-state index contributed by atoms with van der Waals surface area (Å²) < 4.78 is 10.9. The van der Waals surface area contributed by atoms with Crippen LogP contribution in [0.25, 0.3) is 0 Å². The Morgan fingerprint density at radius 3 is 2.44 bits per heavy atom. The molecule has 2 saturated carbocycles. The summed E-state index contributed by atoms with van der Waals surface area (Å²) >= 11 is 0. The molecule has 1 atom stereocenters.